The fourth-order valence-corrected chi connectivity index (χ4v) is 3.96. The molecule has 29 heavy (non-hydrogen) atoms. The second-order valence-electron chi connectivity index (χ2n) is 7.65. The molecule has 0 unspecified atom stereocenters. The Bertz CT molecular complexity index is 807. The molecular weight excluding hydrogens is 429 g/mol. The van der Waals surface area contributed by atoms with Crippen molar-refractivity contribution >= 4 is 42.3 Å². The fourth-order valence-electron chi connectivity index (χ4n) is 3.77. The molecule has 2 atom stereocenters. The van der Waals surface area contributed by atoms with Crippen LogP contribution >= 0.6 is 36.4 Å². The molecule has 2 fully saturated rings. The van der Waals surface area contributed by atoms with E-state index >= 15 is 0 Å². The SMILES string of the molecule is CN1CCN(C(=O)CN[C@@H]2C[C@H]2c2ccc(-c3cccc(Cl)c3)cc2)CC1.Cl.Cl. The summed E-state index contributed by atoms with van der Waals surface area (Å²) in [6.07, 6.45) is 1.10. The molecule has 0 bridgehead atoms. The number of likely N-dealkylation sites (N-methyl/N-ethyl adjacent to an activating group) is 1. The van der Waals surface area contributed by atoms with E-state index in [1.165, 1.54) is 11.1 Å². The molecule has 1 N–H and O–H groups in total. The number of hydrogen-bond donors (Lipinski definition) is 1. The Hall–Kier alpha value is -1.30. The average molecular weight is 457 g/mol. The lowest BCUT2D eigenvalue weighted by molar-refractivity contribution is -0.131. The van der Waals surface area contributed by atoms with Crippen molar-refractivity contribution in [3.8, 4) is 11.1 Å². The minimum Gasteiger partial charge on any atom is -0.339 e. The molecule has 2 aliphatic rings. The Morgan fingerprint density at radius 1 is 1.03 bits per heavy atom. The van der Waals surface area contributed by atoms with Crippen LogP contribution in [0.25, 0.3) is 11.1 Å². The maximum absolute atomic E-state index is 12.3. The number of rotatable bonds is 5. The number of carbonyl (C=O) groups is 1. The molecule has 2 aromatic rings. The van der Waals surface area contributed by atoms with Crippen LogP contribution in [-0.4, -0.2) is 61.5 Å². The number of benzene rings is 2. The Morgan fingerprint density at radius 2 is 1.72 bits per heavy atom. The Kier molecular flexibility index (Phi) is 8.80. The largest absolute Gasteiger partial charge is 0.339 e. The van der Waals surface area contributed by atoms with E-state index < -0.39 is 0 Å². The number of amides is 1. The second kappa shape index (κ2) is 10.6. The summed E-state index contributed by atoms with van der Waals surface area (Å²) in [6, 6.07) is 17.1. The summed E-state index contributed by atoms with van der Waals surface area (Å²) >= 11 is 6.09. The molecule has 158 valence electrons. The average Bonchev–Trinajstić information content (AvgIpc) is 3.46. The van der Waals surface area contributed by atoms with E-state index in [1.807, 2.05) is 23.1 Å². The predicted octanol–water partition coefficient (Wildman–Crippen LogP) is 4.07. The summed E-state index contributed by atoms with van der Waals surface area (Å²) < 4.78 is 0. The van der Waals surface area contributed by atoms with Crippen molar-refractivity contribution in [3.05, 3.63) is 59.1 Å². The highest BCUT2D eigenvalue weighted by Gasteiger charge is 2.38. The van der Waals surface area contributed by atoms with E-state index in [0.29, 0.717) is 18.5 Å². The lowest BCUT2D eigenvalue weighted by atomic mass is 10.0. The van der Waals surface area contributed by atoms with Gasteiger partial charge in [-0.05, 0) is 42.3 Å². The van der Waals surface area contributed by atoms with Crippen molar-refractivity contribution in [2.75, 3.05) is 39.8 Å². The summed E-state index contributed by atoms with van der Waals surface area (Å²) in [7, 11) is 2.10. The maximum Gasteiger partial charge on any atom is 0.236 e. The van der Waals surface area contributed by atoms with E-state index in [1.54, 1.807) is 0 Å². The topological polar surface area (TPSA) is 35.6 Å². The molecule has 0 aromatic heterocycles. The number of nitrogens with one attached hydrogen (secondary N) is 1. The van der Waals surface area contributed by atoms with Crippen LogP contribution in [0.2, 0.25) is 5.02 Å². The van der Waals surface area contributed by atoms with Crippen molar-refractivity contribution < 1.29 is 4.79 Å². The van der Waals surface area contributed by atoms with Gasteiger partial charge in [-0.2, -0.15) is 0 Å². The number of hydrogen-bond acceptors (Lipinski definition) is 3. The van der Waals surface area contributed by atoms with Crippen LogP contribution in [0.1, 0.15) is 17.9 Å². The third kappa shape index (κ3) is 6.09. The highest BCUT2D eigenvalue weighted by molar-refractivity contribution is 6.30. The predicted molar refractivity (Wildman–Crippen MR) is 125 cm³/mol. The summed E-state index contributed by atoms with van der Waals surface area (Å²) in [5, 5.41) is 4.20. The molecule has 4 rings (SSSR count). The molecule has 1 aliphatic carbocycles. The molecule has 0 radical (unpaired) electrons. The molecule has 7 heteroatoms. The molecule has 1 saturated carbocycles. The monoisotopic (exact) mass is 455 g/mol. The number of nitrogens with zero attached hydrogens (tertiary/aromatic N) is 2. The zero-order chi connectivity index (χ0) is 18.8. The molecule has 1 heterocycles. The van der Waals surface area contributed by atoms with Crippen LogP contribution in [0.4, 0.5) is 0 Å². The van der Waals surface area contributed by atoms with Crippen LogP contribution in [0.5, 0.6) is 0 Å². The van der Waals surface area contributed by atoms with Gasteiger partial charge >= 0.3 is 0 Å². The zero-order valence-electron chi connectivity index (χ0n) is 16.5. The van der Waals surface area contributed by atoms with E-state index in [-0.39, 0.29) is 30.7 Å². The van der Waals surface area contributed by atoms with Gasteiger partial charge in [0, 0.05) is 43.2 Å². The quantitative estimate of drug-likeness (QED) is 0.737. The van der Waals surface area contributed by atoms with Gasteiger partial charge in [0.15, 0.2) is 0 Å². The third-order valence-electron chi connectivity index (χ3n) is 5.66. The van der Waals surface area contributed by atoms with Gasteiger partial charge < -0.3 is 15.1 Å². The van der Waals surface area contributed by atoms with E-state index in [4.69, 9.17) is 11.6 Å². The van der Waals surface area contributed by atoms with Gasteiger partial charge in [-0.25, -0.2) is 0 Å². The first-order valence-electron chi connectivity index (χ1n) is 9.66. The minimum absolute atomic E-state index is 0. The molecule has 1 saturated heterocycles. The van der Waals surface area contributed by atoms with Gasteiger partial charge in [-0.1, -0.05) is 48.0 Å². The van der Waals surface area contributed by atoms with Crippen LogP contribution in [0, 0.1) is 0 Å². The maximum atomic E-state index is 12.3. The first-order valence-corrected chi connectivity index (χ1v) is 10.0. The van der Waals surface area contributed by atoms with Crippen LogP contribution in [-0.2, 0) is 4.79 Å². The Morgan fingerprint density at radius 3 is 2.38 bits per heavy atom. The summed E-state index contributed by atoms with van der Waals surface area (Å²) in [5.74, 6) is 0.740. The highest BCUT2D eigenvalue weighted by Crippen LogP contribution is 2.41. The lowest BCUT2D eigenvalue weighted by Gasteiger charge is -2.32. The number of piperazine rings is 1. The molecule has 2 aromatic carbocycles. The third-order valence-corrected chi connectivity index (χ3v) is 5.89. The summed E-state index contributed by atoms with van der Waals surface area (Å²) in [5.41, 5.74) is 3.65. The smallest absolute Gasteiger partial charge is 0.236 e. The first-order chi connectivity index (χ1) is 13.1. The van der Waals surface area contributed by atoms with E-state index in [9.17, 15) is 4.79 Å². The summed E-state index contributed by atoms with van der Waals surface area (Å²) in [6.45, 7) is 4.07. The van der Waals surface area contributed by atoms with Gasteiger partial charge in [0.2, 0.25) is 5.91 Å². The fraction of sp³-hybridized carbons (Fsp3) is 0.409. The Labute approximate surface area is 190 Å². The van der Waals surface area contributed by atoms with Crippen LogP contribution < -0.4 is 5.32 Å². The lowest BCUT2D eigenvalue weighted by Crippen LogP contribution is -2.49. The first kappa shape index (κ1) is 24.0. The zero-order valence-corrected chi connectivity index (χ0v) is 18.9. The molecule has 0 spiro atoms. The van der Waals surface area contributed by atoms with Gasteiger partial charge in [0.25, 0.3) is 0 Å². The molecule has 4 nitrogen and oxygen atoms in total. The molecular formula is C22H28Cl3N3O. The standard InChI is InChI=1S/C22H26ClN3O.2ClH/c1-25-9-11-26(12-10-25)22(27)15-24-21-14-20(21)17-7-5-16(6-8-17)18-3-2-4-19(23)13-18;;/h2-8,13,20-21,24H,9-12,14-15H2,1H3;2*1H/t20-,21+;;/m0../s1. The van der Waals surface area contributed by atoms with Crippen LogP contribution in [0.3, 0.4) is 0 Å². The Balaban J connectivity index is 0.00000150. The highest BCUT2D eigenvalue weighted by atomic mass is 35.5. The molecule has 1 amide bonds. The van der Waals surface area contributed by atoms with Crippen molar-refractivity contribution in [2.45, 2.75) is 18.4 Å². The molecule has 1 aliphatic heterocycles. The number of carbonyl (C=O) groups excluding carboxylic acids is 1. The second-order valence-corrected chi connectivity index (χ2v) is 8.08. The van der Waals surface area contributed by atoms with Crippen LogP contribution in [0.15, 0.2) is 48.5 Å². The van der Waals surface area contributed by atoms with Crippen molar-refractivity contribution in [1.82, 2.24) is 15.1 Å². The van der Waals surface area contributed by atoms with Gasteiger partial charge in [0.1, 0.15) is 0 Å². The van der Waals surface area contributed by atoms with Crippen molar-refractivity contribution in [2.24, 2.45) is 0 Å². The minimum atomic E-state index is 0. The van der Waals surface area contributed by atoms with Gasteiger partial charge in [0.05, 0.1) is 6.54 Å². The van der Waals surface area contributed by atoms with Crippen molar-refractivity contribution in [3.63, 3.8) is 0 Å². The van der Waals surface area contributed by atoms with E-state index in [2.05, 4.69) is 47.6 Å². The van der Waals surface area contributed by atoms with Gasteiger partial charge in [-0.3, -0.25) is 4.79 Å². The van der Waals surface area contributed by atoms with Gasteiger partial charge in [-0.15, -0.1) is 24.8 Å². The normalized spacial score (nSPS) is 21.1. The summed E-state index contributed by atoms with van der Waals surface area (Å²) in [4.78, 5) is 16.6. The number of halogens is 3. The van der Waals surface area contributed by atoms with E-state index in [0.717, 1.165) is 43.2 Å². The van der Waals surface area contributed by atoms with Crippen molar-refractivity contribution in [1.29, 1.82) is 0 Å².